The van der Waals surface area contributed by atoms with Crippen LogP contribution in [0.2, 0.25) is 0 Å². The summed E-state index contributed by atoms with van der Waals surface area (Å²) in [6.07, 6.45) is 3.23. The third kappa shape index (κ3) is 3.97. The van der Waals surface area contributed by atoms with E-state index in [0.29, 0.717) is 13.0 Å². The van der Waals surface area contributed by atoms with E-state index in [4.69, 9.17) is 0 Å². The monoisotopic (exact) mass is 322 g/mol. The molecule has 0 bridgehead atoms. The van der Waals surface area contributed by atoms with Crippen LogP contribution in [0.4, 0.5) is 4.79 Å². The first kappa shape index (κ1) is 16.6. The molecular formula is C17H30N4O2. The van der Waals surface area contributed by atoms with Crippen LogP contribution in [0.1, 0.15) is 33.1 Å². The van der Waals surface area contributed by atoms with Crippen molar-refractivity contribution in [2.24, 2.45) is 11.3 Å². The lowest BCUT2D eigenvalue weighted by atomic mass is 9.86. The van der Waals surface area contributed by atoms with Crippen molar-refractivity contribution in [3.05, 3.63) is 0 Å². The van der Waals surface area contributed by atoms with Gasteiger partial charge in [0.25, 0.3) is 0 Å². The van der Waals surface area contributed by atoms with Gasteiger partial charge in [0.05, 0.1) is 0 Å². The van der Waals surface area contributed by atoms with Crippen LogP contribution in [0.3, 0.4) is 0 Å². The molecule has 0 aromatic carbocycles. The van der Waals surface area contributed by atoms with Gasteiger partial charge in [0, 0.05) is 64.2 Å². The fourth-order valence-corrected chi connectivity index (χ4v) is 4.00. The second-order valence-electron chi connectivity index (χ2n) is 8.13. The summed E-state index contributed by atoms with van der Waals surface area (Å²) in [6, 6.07) is 0.145. The third-order valence-corrected chi connectivity index (χ3v) is 5.21. The minimum atomic E-state index is -0.106. The van der Waals surface area contributed by atoms with E-state index < -0.39 is 0 Å². The summed E-state index contributed by atoms with van der Waals surface area (Å²) in [7, 11) is 1.88. The maximum Gasteiger partial charge on any atom is 0.317 e. The number of urea groups is 1. The van der Waals surface area contributed by atoms with E-state index in [-0.39, 0.29) is 23.4 Å². The van der Waals surface area contributed by atoms with E-state index in [1.807, 2.05) is 30.7 Å². The minimum Gasteiger partial charge on any atom is -0.345 e. The number of rotatable bonds is 3. The molecule has 3 rings (SSSR count). The quantitative estimate of drug-likeness (QED) is 0.843. The molecule has 6 heteroatoms. The maximum absolute atomic E-state index is 12.5. The maximum atomic E-state index is 12.5. The van der Waals surface area contributed by atoms with Gasteiger partial charge in [0.1, 0.15) is 0 Å². The summed E-state index contributed by atoms with van der Waals surface area (Å²) in [5.74, 6) is 1.04. The van der Waals surface area contributed by atoms with Crippen LogP contribution >= 0.6 is 0 Å². The van der Waals surface area contributed by atoms with Gasteiger partial charge in [0.15, 0.2) is 0 Å². The Balaban J connectivity index is 1.74. The molecule has 1 atom stereocenters. The summed E-state index contributed by atoms with van der Waals surface area (Å²) < 4.78 is 0. The van der Waals surface area contributed by atoms with E-state index >= 15 is 0 Å². The van der Waals surface area contributed by atoms with Crippen molar-refractivity contribution in [2.45, 2.75) is 39.2 Å². The first-order valence-electron chi connectivity index (χ1n) is 8.89. The molecule has 0 aromatic heterocycles. The lowest BCUT2D eigenvalue weighted by Gasteiger charge is -2.33. The number of carbonyl (C=O) groups excluding carboxylic acids is 2. The molecule has 1 spiro atoms. The Morgan fingerprint density at radius 2 is 2.00 bits per heavy atom. The van der Waals surface area contributed by atoms with E-state index in [0.717, 1.165) is 38.6 Å². The average molecular weight is 322 g/mol. The van der Waals surface area contributed by atoms with Gasteiger partial charge in [-0.3, -0.25) is 4.79 Å². The summed E-state index contributed by atoms with van der Waals surface area (Å²) >= 11 is 0. The number of nitrogens with one attached hydrogen (secondary N) is 1. The molecule has 3 amide bonds. The molecule has 0 aromatic rings. The van der Waals surface area contributed by atoms with Crippen molar-refractivity contribution in [2.75, 3.05) is 46.3 Å². The molecule has 3 fully saturated rings. The van der Waals surface area contributed by atoms with Gasteiger partial charge in [-0.15, -0.1) is 0 Å². The Labute approximate surface area is 139 Å². The smallest absolute Gasteiger partial charge is 0.317 e. The van der Waals surface area contributed by atoms with Gasteiger partial charge in [-0.25, -0.2) is 4.79 Å². The minimum absolute atomic E-state index is 0.00893. The Hall–Kier alpha value is -1.30. The molecule has 2 heterocycles. The fourth-order valence-electron chi connectivity index (χ4n) is 4.00. The van der Waals surface area contributed by atoms with Crippen molar-refractivity contribution < 1.29 is 9.59 Å². The topological polar surface area (TPSA) is 55.9 Å². The summed E-state index contributed by atoms with van der Waals surface area (Å²) in [5.41, 5.74) is -0.106. The van der Waals surface area contributed by atoms with Crippen LogP contribution in [-0.4, -0.2) is 79.0 Å². The molecule has 2 aliphatic heterocycles. The standard InChI is InChI=1S/C17H30N4O2/c1-13(2)18-16(23)21-7-6-20(9-14-4-5-14)11-17(12-21)8-15(22)19(3)10-17/h13-14H,4-12H2,1-3H3,(H,18,23)/t17-/m0/s1. The van der Waals surface area contributed by atoms with Crippen molar-refractivity contribution in [3.63, 3.8) is 0 Å². The second-order valence-corrected chi connectivity index (χ2v) is 8.13. The number of hydrogen-bond acceptors (Lipinski definition) is 3. The second kappa shape index (κ2) is 6.30. The molecule has 1 aliphatic carbocycles. The zero-order valence-corrected chi connectivity index (χ0v) is 14.7. The highest BCUT2D eigenvalue weighted by molar-refractivity contribution is 5.80. The van der Waals surface area contributed by atoms with Crippen LogP contribution in [0.25, 0.3) is 0 Å². The number of likely N-dealkylation sites (tertiary alicyclic amines) is 1. The molecule has 3 aliphatic rings. The van der Waals surface area contributed by atoms with Crippen LogP contribution in [-0.2, 0) is 4.79 Å². The lowest BCUT2D eigenvalue weighted by molar-refractivity contribution is -0.126. The van der Waals surface area contributed by atoms with Gasteiger partial charge >= 0.3 is 6.03 Å². The largest absolute Gasteiger partial charge is 0.345 e. The first-order chi connectivity index (χ1) is 10.9. The number of nitrogens with zero attached hydrogens (tertiary/aromatic N) is 3. The van der Waals surface area contributed by atoms with Gasteiger partial charge in [-0.05, 0) is 32.6 Å². The normalized spacial score (nSPS) is 29.5. The summed E-state index contributed by atoms with van der Waals surface area (Å²) in [5, 5.41) is 3.01. The van der Waals surface area contributed by atoms with Crippen molar-refractivity contribution in [1.29, 1.82) is 0 Å². The Morgan fingerprint density at radius 1 is 1.26 bits per heavy atom. The molecule has 1 saturated carbocycles. The SMILES string of the molecule is CC(C)NC(=O)N1CCN(CC2CC2)C[C@@]2(CC(=O)N(C)C2)C1. The van der Waals surface area contributed by atoms with E-state index in [2.05, 4.69) is 10.2 Å². The molecular weight excluding hydrogens is 292 g/mol. The third-order valence-electron chi connectivity index (χ3n) is 5.21. The van der Waals surface area contributed by atoms with Crippen molar-refractivity contribution in [1.82, 2.24) is 20.0 Å². The van der Waals surface area contributed by atoms with E-state index in [9.17, 15) is 9.59 Å². The fraction of sp³-hybridized carbons (Fsp3) is 0.882. The highest BCUT2D eigenvalue weighted by Gasteiger charge is 2.46. The van der Waals surface area contributed by atoms with E-state index in [1.54, 1.807) is 0 Å². The van der Waals surface area contributed by atoms with Gasteiger partial charge < -0.3 is 20.0 Å². The Bertz CT molecular complexity index is 477. The molecule has 23 heavy (non-hydrogen) atoms. The van der Waals surface area contributed by atoms with Gasteiger partial charge in [-0.2, -0.15) is 0 Å². The molecule has 0 radical (unpaired) electrons. The van der Waals surface area contributed by atoms with Crippen molar-refractivity contribution >= 4 is 11.9 Å². The highest BCUT2D eigenvalue weighted by Crippen LogP contribution is 2.36. The predicted molar refractivity (Wildman–Crippen MR) is 89.1 cm³/mol. The summed E-state index contributed by atoms with van der Waals surface area (Å²) in [6.45, 7) is 9.15. The van der Waals surface area contributed by atoms with Gasteiger partial charge in [-0.1, -0.05) is 0 Å². The molecule has 130 valence electrons. The van der Waals surface area contributed by atoms with Crippen LogP contribution in [0.15, 0.2) is 0 Å². The summed E-state index contributed by atoms with van der Waals surface area (Å²) in [4.78, 5) is 30.9. The van der Waals surface area contributed by atoms with Gasteiger partial charge in [0.2, 0.25) is 5.91 Å². The molecule has 6 nitrogen and oxygen atoms in total. The number of amides is 3. The van der Waals surface area contributed by atoms with Crippen LogP contribution in [0, 0.1) is 11.3 Å². The number of carbonyl (C=O) groups is 2. The average Bonchev–Trinajstić information content (AvgIpc) is 3.22. The zero-order valence-electron chi connectivity index (χ0n) is 14.7. The Morgan fingerprint density at radius 3 is 2.57 bits per heavy atom. The lowest BCUT2D eigenvalue weighted by Crippen LogP contribution is -2.48. The zero-order chi connectivity index (χ0) is 16.6. The number of hydrogen-bond donors (Lipinski definition) is 1. The van der Waals surface area contributed by atoms with Crippen molar-refractivity contribution in [3.8, 4) is 0 Å². The van der Waals surface area contributed by atoms with E-state index in [1.165, 1.54) is 12.8 Å². The highest BCUT2D eigenvalue weighted by atomic mass is 16.2. The molecule has 2 saturated heterocycles. The Kier molecular flexibility index (Phi) is 4.54. The predicted octanol–water partition coefficient (Wildman–Crippen LogP) is 0.981. The first-order valence-corrected chi connectivity index (χ1v) is 8.89. The van der Waals surface area contributed by atoms with Crippen LogP contribution in [0.5, 0.6) is 0 Å². The molecule has 1 N–H and O–H groups in total. The van der Waals surface area contributed by atoms with Crippen LogP contribution < -0.4 is 5.32 Å². The molecule has 0 unspecified atom stereocenters.